The Morgan fingerprint density at radius 3 is 2.42 bits per heavy atom. The number of hydrogen-bond acceptors (Lipinski definition) is 3. The SMILES string of the molecule is COCc1cccc(C(=O)N2CCN(C(=O)C3CCCC3)CC2)c1. The number of piperazine rings is 1. The number of methoxy groups -OCH3 is 1. The van der Waals surface area contributed by atoms with E-state index in [1.165, 1.54) is 12.8 Å². The largest absolute Gasteiger partial charge is 0.380 e. The van der Waals surface area contributed by atoms with E-state index in [9.17, 15) is 9.59 Å². The molecule has 1 aliphatic carbocycles. The van der Waals surface area contributed by atoms with E-state index in [1.807, 2.05) is 34.1 Å². The fraction of sp³-hybridized carbons (Fsp3) is 0.579. The van der Waals surface area contributed by atoms with E-state index in [2.05, 4.69) is 0 Å². The number of carbonyl (C=O) groups is 2. The zero-order valence-electron chi connectivity index (χ0n) is 14.4. The van der Waals surface area contributed by atoms with Crippen LogP contribution in [0.5, 0.6) is 0 Å². The fourth-order valence-electron chi connectivity index (χ4n) is 3.70. The van der Waals surface area contributed by atoms with E-state index in [0.29, 0.717) is 44.3 Å². The predicted molar refractivity (Wildman–Crippen MR) is 91.6 cm³/mol. The van der Waals surface area contributed by atoms with E-state index < -0.39 is 0 Å². The summed E-state index contributed by atoms with van der Waals surface area (Å²) in [4.78, 5) is 28.9. The number of amides is 2. The second-order valence-electron chi connectivity index (χ2n) is 6.73. The van der Waals surface area contributed by atoms with Crippen LogP contribution in [0.25, 0.3) is 0 Å². The third kappa shape index (κ3) is 3.78. The smallest absolute Gasteiger partial charge is 0.253 e. The highest BCUT2D eigenvalue weighted by molar-refractivity contribution is 5.94. The van der Waals surface area contributed by atoms with Gasteiger partial charge in [0.1, 0.15) is 0 Å². The van der Waals surface area contributed by atoms with Crippen LogP contribution in [0, 0.1) is 5.92 Å². The van der Waals surface area contributed by atoms with Crippen molar-refractivity contribution >= 4 is 11.8 Å². The van der Waals surface area contributed by atoms with Crippen LogP contribution >= 0.6 is 0 Å². The summed E-state index contributed by atoms with van der Waals surface area (Å²) in [6, 6.07) is 7.58. The Hall–Kier alpha value is -1.88. The molecule has 0 aromatic heterocycles. The number of hydrogen-bond donors (Lipinski definition) is 0. The van der Waals surface area contributed by atoms with Crippen molar-refractivity contribution in [2.75, 3.05) is 33.3 Å². The molecule has 1 aromatic carbocycles. The standard InChI is InChI=1S/C19H26N2O3/c1-24-14-15-5-4-8-17(13-15)19(23)21-11-9-20(10-12-21)18(22)16-6-2-3-7-16/h4-5,8,13,16H,2-3,6-7,9-12,14H2,1H3. The molecule has 0 spiro atoms. The van der Waals surface area contributed by atoms with Crippen molar-refractivity contribution in [1.82, 2.24) is 9.80 Å². The van der Waals surface area contributed by atoms with E-state index in [4.69, 9.17) is 4.74 Å². The van der Waals surface area contributed by atoms with Crippen molar-refractivity contribution in [1.29, 1.82) is 0 Å². The second kappa shape index (κ2) is 7.79. The van der Waals surface area contributed by atoms with Gasteiger partial charge in [0.2, 0.25) is 5.91 Å². The van der Waals surface area contributed by atoms with Gasteiger partial charge in [-0.15, -0.1) is 0 Å². The van der Waals surface area contributed by atoms with Crippen LogP contribution in [0.15, 0.2) is 24.3 Å². The molecule has 130 valence electrons. The number of rotatable bonds is 4. The second-order valence-corrected chi connectivity index (χ2v) is 6.73. The molecular formula is C19H26N2O3. The predicted octanol–water partition coefficient (Wildman–Crippen LogP) is 2.31. The van der Waals surface area contributed by atoms with Gasteiger partial charge in [-0.2, -0.15) is 0 Å². The molecule has 5 heteroatoms. The highest BCUT2D eigenvalue weighted by Gasteiger charge is 2.30. The Kier molecular flexibility index (Phi) is 5.51. The van der Waals surface area contributed by atoms with Crippen LogP contribution in [0.1, 0.15) is 41.6 Å². The molecule has 1 aromatic rings. The third-order valence-electron chi connectivity index (χ3n) is 5.07. The van der Waals surface area contributed by atoms with Crippen molar-refractivity contribution in [3.8, 4) is 0 Å². The van der Waals surface area contributed by atoms with Crippen molar-refractivity contribution in [3.63, 3.8) is 0 Å². The number of carbonyl (C=O) groups excluding carboxylic acids is 2. The minimum absolute atomic E-state index is 0.0425. The van der Waals surface area contributed by atoms with Gasteiger partial charge in [0.25, 0.3) is 5.91 Å². The molecule has 0 radical (unpaired) electrons. The molecule has 3 rings (SSSR count). The summed E-state index contributed by atoms with van der Waals surface area (Å²) >= 11 is 0. The maximum atomic E-state index is 12.7. The molecule has 1 saturated carbocycles. The average molecular weight is 330 g/mol. The Morgan fingerprint density at radius 2 is 1.75 bits per heavy atom. The van der Waals surface area contributed by atoms with E-state index in [-0.39, 0.29) is 11.8 Å². The van der Waals surface area contributed by atoms with E-state index in [0.717, 1.165) is 18.4 Å². The van der Waals surface area contributed by atoms with Gasteiger partial charge in [-0.25, -0.2) is 0 Å². The third-order valence-corrected chi connectivity index (χ3v) is 5.07. The number of nitrogens with zero attached hydrogens (tertiary/aromatic N) is 2. The Balaban J connectivity index is 1.56. The lowest BCUT2D eigenvalue weighted by Gasteiger charge is -2.36. The van der Waals surface area contributed by atoms with Crippen LogP contribution in [0.3, 0.4) is 0 Å². The molecule has 0 unspecified atom stereocenters. The lowest BCUT2D eigenvalue weighted by Crippen LogP contribution is -2.51. The average Bonchev–Trinajstić information content (AvgIpc) is 3.16. The molecule has 2 fully saturated rings. The summed E-state index contributed by atoms with van der Waals surface area (Å²) in [5.41, 5.74) is 1.69. The highest BCUT2D eigenvalue weighted by Crippen LogP contribution is 2.27. The van der Waals surface area contributed by atoms with Crippen LogP contribution in [-0.2, 0) is 16.1 Å². The van der Waals surface area contributed by atoms with Crippen LogP contribution in [-0.4, -0.2) is 54.9 Å². The molecule has 0 bridgehead atoms. The summed E-state index contributed by atoms with van der Waals surface area (Å²) in [5.74, 6) is 0.556. The summed E-state index contributed by atoms with van der Waals surface area (Å²) in [5, 5.41) is 0. The van der Waals surface area contributed by atoms with Gasteiger partial charge in [0.15, 0.2) is 0 Å². The Labute approximate surface area is 143 Å². The fourth-order valence-corrected chi connectivity index (χ4v) is 3.70. The lowest BCUT2D eigenvalue weighted by atomic mass is 10.1. The molecule has 1 saturated heterocycles. The normalized spacial score (nSPS) is 18.9. The van der Waals surface area contributed by atoms with Crippen molar-refractivity contribution in [2.45, 2.75) is 32.3 Å². The zero-order chi connectivity index (χ0) is 16.9. The summed E-state index contributed by atoms with van der Waals surface area (Å²) in [6.45, 7) is 3.04. The molecule has 0 atom stereocenters. The molecule has 1 aliphatic heterocycles. The maximum absolute atomic E-state index is 12.7. The quantitative estimate of drug-likeness (QED) is 0.851. The Morgan fingerprint density at radius 1 is 1.08 bits per heavy atom. The summed E-state index contributed by atoms with van der Waals surface area (Å²) in [6.07, 6.45) is 4.41. The molecule has 0 N–H and O–H groups in total. The van der Waals surface area contributed by atoms with Gasteiger partial charge in [-0.3, -0.25) is 9.59 Å². The molecule has 2 aliphatic rings. The molecule has 5 nitrogen and oxygen atoms in total. The van der Waals surface area contributed by atoms with Crippen LogP contribution in [0.4, 0.5) is 0 Å². The number of benzene rings is 1. The summed E-state index contributed by atoms with van der Waals surface area (Å²) < 4.78 is 5.13. The first-order valence-electron chi connectivity index (χ1n) is 8.85. The first-order chi connectivity index (χ1) is 11.7. The molecule has 1 heterocycles. The van der Waals surface area contributed by atoms with Gasteiger partial charge in [-0.05, 0) is 30.5 Å². The first kappa shape index (κ1) is 17.0. The van der Waals surface area contributed by atoms with Crippen LogP contribution in [0.2, 0.25) is 0 Å². The van der Waals surface area contributed by atoms with Crippen molar-refractivity contribution in [2.24, 2.45) is 5.92 Å². The number of ether oxygens (including phenoxy) is 1. The van der Waals surface area contributed by atoms with Gasteiger partial charge in [0, 0.05) is 44.8 Å². The van der Waals surface area contributed by atoms with Gasteiger partial charge >= 0.3 is 0 Å². The highest BCUT2D eigenvalue weighted by atomic mass is 16.5. The monoisotopic (exact) mass is 330 g/mol. The lowest BCUT2D eigenvalue weighted by molar-refractivity contribution is -0.136. The van der Waals surface area contributed by atoms with E-state index >= 15 is 0 Å². The van der Waals surface area contributed by atoms with Gasteiger partial charge in [0.05, 0.1) is 6.61 Å². The van der Waals surface area contributed by atoms with Crippen LogP contribution < -0.4 is 0 Å². The minimum Gasteiger partial charge on any atom is -0.380 e. The van der Waals surface area contributed by atoms with E-state index in [1.54, 1.807) is 7.11 Å². The first-order valence-corrected chi connectivity index (χ1v) is 8.85. The molecular weight excluding hydrogens is 304 g/mol. The summed E-state index contributed by atoms with van der Waals surface area (Å²) in [7, 11) is 1.65. The topological polar surface area (TPSA) is 49.9 Å². The van der Waals surface area contributed by atoms with Gasteiger partial charge < -0.3 is 14.5 Å². The minimum atomic E-state index is 0.0425. The van der Waals surface area contributed by atoms with Crippen molar-refractivity contribution in [3.05, 3.63) is 35.4 Å². The van der Waals surface area contributed by atoms with Gasteiger partial charge in [-0.1, -0.05) is 25.0 Å². The van der Waals surface area contributed by atoms with Crippen molar-refractivity contribution < 1.29 is 14.3 Å². The maximum Gasteiger partial charge on any atom is 0.253 e. The molecule has 2 amide bonds. The Bertz CT molecular complexity index is 588. The molecule has 24 heavy (non-hydrogen) atoms. The zero-order valence-corrected chi connectivity index (χ0v) is 14.4.